The van der Waals surface area contributed by atoms with E-state index in [1.54, 1.807) is 11.0 Å². The predicted molar refractivity (Wildman–Crippen MR) is 89.1 cm³/mol. The Bertz CT molecular complexity index is 799. The first-order chi connectivity index (χ1) is 11.6. The zero-order valence-electron chi connectivity index (χ0n) is 13.7. The molecule has 1 saturated heterocycles. The van der Waals surface area contributed by atoms with Crippen molar-refractivity contribution in [3.63, 3.8) is 0 Å². The van der Waals surface area contributed by atoms with Crippen molar-refractivity contribution < 1.29 is 9.53 Å². The second-order valence-corrected chi connectivity index (χ2v) is 6.67. The van der Waals surface area contributed by atoms with Gasteiger partial charge in [-0.3, -0.25) is 9.59 Å². The van der Waals surface area contributed by atoms with E-state index < -0.39 is 0 Å². The van der Waals surface area contributed by atoms with Gasteiger partial charge in [0.05, 0.1) is 13.1 Å². The smallest absolute Gasteiger partial charge is 0.254 e. The molecule has 3 heterocycles. The van der Waals surface area contributed by atoms with Gasteiger partial charge in [-0.1, -0.05) is 0 Å². The van der Waals surface area contributed by atoms with Crippen molar-refractivity contribution in [3.8, 4) is 5.75 Å². The highest BCUT2D eigenvalue weighted by atomic mass is 16.5. The highest BCUT2D eigenvalue weighted by Crippen LogP contribution is 2.35. The average molecular weight is 327 g/mol. The second kappa shape index (κ2) is 5.85. The SMILES string of the molecule is Cc1cc(OC2CN(C(=O)Cn3cccc3)C2)cc(=O)n1C1CC1. The Morgan fingerprint density at radius 3 is 2.54 bits per heavy atom. The lowest BCUT2D eigenvalue weighted by Gasteiger charge is -2.39. The number of carbonyl (C=O) groups excluding carboxylic acids is 1. The van der Waals surface area contributed by atoms with Crippen molar-refractivity contribution in [1.29, 1.82) is 0 Å². The number of hydrogen-bond acceptors (Lipinski definition) is 3. The maximum Gasteiger partial charge on any atom is 0.254 e. The fourth-order valence-corrected chi connectivity index (χ4v) is 3.19. The van der Waals surface area contributed by atoms with Crippen LogP contribution < -0.4 is 10.3 Å². The second-order valence-electron chi connectivity index (χ2n) is 6.67. The lowest BCUT2D eigenvalue weighted by molar-refractivity contribution is -0.140. The number of amides is 1. The minimum atomic E-state index is -0.0332. The molecule has 0 atom stereocenters. The van der Waals surface area contributed by atoms with Gasteiger partial charge in [0, 0.05) is 30.2 Å². The number of rotatable bonds is 5. The highest BCUT2D eigenvalue weighted by Gasteiger charge is 2.32. The Hall–Kier alpha value is -2.50. The molecule has 2 aromatic heterocycles. The van der Waals surface area contributed by atoms with Crippen LogP contribution in [-0.4, -0.2) is 39.1 Å². The fourth-order valence-electron chi connectivity index (χ4n) is 3.19. The summed E-state index contributed by atoms with van der Waals surface area (Å²) < 4.78 is 9.58. The van der Waals surface area contributed by atoms with Crippen molar-refractivity contribution in [2.24, 2.45) is 0 Å². The van der Waals surface area contributed by atoms with Gasteiger partial charge >= 0.3 is 0 Å². The summed E-state index contributed by atoms with van der Waals surface area (Å²) in [5.74, 6) is 0.697. The summed E-state index contributed by atoms with van der Waals surface area (Å²) in [6, 6.07) is 7.67. The Labute approximate surface area is 140 Å². The van der Waals surface area contributed by atoms with Crippen LogP contribution in [-0.2, 0) is 11.3 Å². The molecule has 2 fully saturated rings. The number of aryl methyl sites for hydroxylation is 1. The first kappa shape index (κ1) is 15.1. The Kier molecular flexibility index (Phi) is 3.67. The Balaban J connectivity index is 1.33. The number of nitrogens with zero attached hydrogens (tertiary/aromatic N) is 3. The van der Waals surface area contributed by atoms with E-state index in [-0.39, 0.29) is 17.6 Å². The molecule has 1 aliphatic carbocycles. The molecule has 0 radical (unpaired) electrons. The topological polar surface area (TPSA) is 56.5 Å². The molecule has 1 amide bonds. The number of likely N-dealkylation sites (tertiary alicyclic amines) is 1. The maximum atomic E-state index is 12.2. The summed E-state index contributed by atoms with van der Waals surface area (Å²) >= 11 is 0. The molecule has 1 saturated carbocycles. The van der Waals surface area contributed by atoms with E-state index in [1.165, 1.54) is 0 Å². The van der Waals surface area contributed by atoms with Crippen molar-refractivity contribution in [3.05, 3.63) is 52.7 Å². The van der Waals surface area contributed by atoms with Gasteiger partial charge < -0.3 is 18.8 Å². The molecule has 0 bridgehead atoms. The molecule has 6 nitrogen and oxygen atoms in total. The molecule has 1 aliphatic heterocycles. The molecule has 2 aromatic rings. The van der Waals surface area contributed by atoms with E-state index in [9.17, 15) is 9.59 Å². The van der Waals surface area contributed by atoms with Gasteiger partial charge in [-0.05, 0) is 38.0 Å². The fraction of sp³-hybridized carbons (Fsp3) is 0.444. The normalized spacial score (nSPS) is 17.6. The lowest BCUT2D eigenvalue weighted by atomic mass is 10.1. The van der Waals surface area contributed by atoms with Crippen molar-refractivity contribution in [2.75, 3.05) is 13.1 Å². The molecule has 0 spiro atoms. The molecule has 4 rings (SSSR count). The number of hydrogen-bond donors (Lipinski definition) is 0. The lowest BCUT2D eigenvalue weighted by Crippen LogP contribution is -2.56. The zero-order valence-corrected chi connectivity index (χ0v) is 13.7. The third kappa shape index (κ3) is 2.96. The van der Waals surface area contributed by atoms with E-state index in [0.29, 0.717) is 31.4 Å². The molecule has 24 heavy (non-hydrogen) atoms. The first-order valence-electron chi connectivity index (χ1n) is 8.38. The Morgan fingerprint density at radius 1 is 1.21 bits per heavy atom. The summed E-state index contributed by atoms with van der Waals surface area (Å²) in [6.07, 6.45) is 5.89. The van der Waals surface area contributed by atoms with E-state index in [1.807, 2.05) is 46.7 Å². The van der Waals surface area contributed by atoms with Gasteiger partial charge in [0.25, 0.3) is 5.56 Å². The van der Waals surface area contributed by atoms with Crippen LogP contribution >= 0.6 is 0 Å². The maximum absolute atomic E-state index is 12.2. The number of aromatic nitrogens is 2. The third-order valence-corrected chi connectivity index (χ3v) is 4.63. The molecule has 0 aromatic carbocycles. The van der Waals surface area contributed by atoms with Gasteiger partial charge in [0.15, 0.2) is 0 Å². The zero-order chi connectivity index (χ0) is 16.7. The molecular weight excluding hydrogens is 306 g/mol. The van der Waals surface area contributed by atoms with Gasteiger partial charge in [-0.25, -0.2) is 0 Å². The van der Waals surface area contributed by atoms with E-state index >= 15 is 0 Å². The molecular formula is C18H21N3O3. The highest BCUT2D eigenvalue weighted by molar-refractivity contribution is 5.77. The van der Waals surface area contributed by atoms with Crippen LogP contribution in [0.3, 0.4) is 0 Å². The largest absolute Gasteiger partial charge is 0.486 e. The minimum Gasteiger partial charge on any atom is -0.486 e. The molecule has 0 N–H and O–H groups in total. The van der Waals surface area contributed by atoms with Crippen LogP contribution in [0.5, 0.6) is 5.75 Å². The van der Waals surface area contributed by atoms with E-state index in [4.69, 9.17) is 4.74 Å². The van der Waals surface area contributed by atoms with Crippen LogP contribution in [0.1, 0.15) is 24.6 Å². The average Bonchev–Trinajstić information content (AvgIpc) is 3.18. The third-order valence-electron chi connectivity index (χ3n) is 4.63. The van der Waals surface area contributed by atoms with Gasteiger partial charge in [-0.2, -0.15) is 0 Å². The van der Waals surface area contributed by atoms with Crippen LogP contribution in [0, 0.1) is 6.92 Å². The standard InChI is InChI=1S/C18H21N3O3/c1-13-8-15(9-17(22)21(13)14-4-5-14)24-16-10-20(11-16)18(23)12-19-6-2-3-7-19/h2-3,6-9,14,16H,4-5,10-12H2,1H3. The number of carbonyl (C=O) groups is 1. The molecule has 126 valence electrons. The molecule has 6 heteroatoms. The summed E-state index contributed by atoms with van der Waals surface area (Å²) in [4.78, 5) is 26.1. The molecule has 0 unspecified atom stereocenters. The van der Waals surface area contributed by atoms with Crippen LogP contribution in [0.15, 0.2) is 41.5 Å². The quantitative estimate of drug-likeness (QED) is 0.838. The van der Waals surface area contributed by atoms with E-state index in [0.717, 1.165) is 18.5 Å². The van der Waals surface area contributed by atoms with E-state index in [2.05, 4.69) is 0 Å². The van der Waals surface area contributed by atoms with Crippen LogP contribution in [0.25, 0.3) is 0 Å². The first-order valence-corrected chi connectivity index (χ1v) is 8.38. The van der Waals surface area contributed by atoms with Crippen molar-refractivity contribution in [2.45, 2.75) is 38.5 Å². The van der Waals surface area contributed by atoms with Crippen molar-refractivity contribution in [1.82, 2.24) is 14.0 Å². The van der Waals surface area contributed by atoms with Crippen LogP contribution in [0.4, 0.5) is 0 Å². The van der Waals surface area contributed by atoms with Crippen molar-refractivity contribution >= 4 is 5.91 Å². The predicted octanol–water partition coefficient (Wildman–Crippen LogP) is 1.58. The molecule has 2 aliphatic rings. The summed E-state index contributed by atoms with van der Waals surface area (Å²) in [5.41, 5.74) is 0.951. The summed E-state index contributed by atoms with van der Waals surface area (Å²) in [5, 5.41) is 0. The van der Waals surface area contributed by atoms with Gasteiger partial charge in [-0.15, -0.1) is 0 Å². The number of pyridine rings is 1. The van der Waals surface area contributed by atoms with Gasteiger partial charge in [0.2, 0.25) is 5.91 Å². The minimum absolute atomic E-state index is 0.00682. The Morgan fingerprint density at radius 2 is 1.92 bits per heavy atom. The van der Waals surface area contributed by atoms with Crippen LogP contribution in [0.2, 0.25) is 0 Å². The summed E-state index contributed by atoms with van der Waals surface area (Å²) in [6.45, 7) is 3.45. The number of ether oxygens (including phenoxy) is 1. The monoisotopic (exact) mass is 327 g/mol. The summed E-state index contributed by atoms with van der Waals surface area (Å²) in [7, 11) is 0. The van der Waals surface area contributed by atoms with Gasteiger partial charge in [0.1, 0.15) is 18.4 Å².